The topological polar surface area (TPSA) is 38.3 Å². The summed E-state index contributed by atoms with van der Waals surface area (Å²) < 4.78 is 28.7. The number of rotatable bonds is 3. The second-order valence-corrected chi connectivity index (χ2v) is 2.49. The van der Waals surface area contributed by atoms with Crippen molar-refractivity contribution in [2.75, 3.05) is 12.4 Å². The van der Waals surface area contributed by atoms with Crippen LogP contribution in [0.3, 0.4) is 0 Å². The fourth-order valence-electron chi connectivity index (χ4n) is 0.935. The monoisotopic (exact) mass is 201 g/mol. The Morgan fingerprint density at radius 3 is 2.64 bits per heavy atom. The summed E-state index contributed by atoms with van der Waals surface area (Å²) in [6.07, 6.45) is -3.03. The van der Waals surface area contributed by atoms with E-state index in [1.807, 2.05) is 5.32 Å². The molecule has 1 aromatic rings. The molecule has 1 amide bonds. The third kappa shape index (κ3) is 2.42. The van der Waals surface area contributed by atoms with E-state index in [9.17, 15) is 13.6 Å². The number of carbonyl (C=O) groups is 1. The number of hydrogen-bond donors (Lipinski definition) is 1. The second-order valence-electron chi connectivity index (χ2n) is 2.49. The van der Waals surface area contributed by atoms with Crippen LogP contribution in [0.15, 0.2) is 24.3 Å². The van der Waals surface area contributed by atoms with E-state index in [2.05, 4.69) is 0 Å². The number of hydrogen-bond acceptors (Lipinski definition) is 2. The Labute approximate surface area is 79.7 Å². The molecule has 0 saturated heterocycles. The minimum absolute atomic E-state index is 0.236. The number of carbonyl (C=O) groups excluding carboxylic acids is 1. The number of alkyl halides is 2. The molecule has 5 heteroatoms. The van der Waals surface area contributed by atoms with Crippen molar-refractivity contribution in [2.45, 2.75) is 6.43 Å². The molecule has 0 radical (unpaired) electrons. The third-order valence-corrected chi connectivity index (χ3v) is 1.56. The Morgan fingerprint density at radius 1 is 1.43 bits per heavy atom. The van der Waals surface area contributed by atoms with Gasteiger partial charge in [-0.1, -0.05) is 12.1 Å². The first-order valence-corrected chi connectivity index (χ1v) is 3.87. The van der Waals surface area contributed by atoms with Gasteiger partial charge in [-0.3, -0.25) is 4.79 Å². The lowest BCUT2D eigenvalue weighted by atomic mass is 10.3. The summed E-state index contributed by atoms with van der Waals surface area (Å²) in [5.74, 6) is -0.990. The highest BCUT2D eigenvalue weighted by molar-refractivity contribution is 5.94. The number of nitrogens with one attached hydrogen (secondary N) is 1. The lowest BCUT2D eigenvalue weighted by molar-refractivity contribution is -0.126. The summed E-state index contributed by atoms with van der Waals surface area (Å²) in [5, 5.41) is 2.05. The van der Waals surface area contributed by atoms with Crippen molar-refractivity contribution >= 4 is 11.6 Å². The normalized spacial score (nSPS) is 10.0. The van der Waals surface area contributed by atoms with Crippen molar-refractivity contribution in [1.29, 1.82) is 0 Å². The zero-order valence-electron chi connectivity index (χ0n) is 7.46. The predicted molar refractivity (Wildman–Crippen MR) is 47.6 cm³/mol. The molecule has 0 saturated carbocycles. The fourth-order valence-corrected chi connectivity index (χ4v) is 0.935. The predicted octanol–water partition coefficient (Wildman–Crippen LogP) is 1.90. The van der Waals surface area contributed by atoms with E-state index in [-0.39, 0.29) is 5.69 Å². The van der Waals surface area contributed by atoms with Crippen molar-refractivity contribution in [3.05, 3.63) is 24.3 Å². The minimum Gasteiger partial charge on any atom is -0.495 e. The van der Waals surface area contributed by atoms with E-state index in [0.29, 0.717) is 5.75 Å². The van der Waals surface area contributed by atoms with Crippen LogP contribution in [0, 0.1) is 0 Å². The van der Waals surface area contributed by atoms with Gasteiger partial charge in [0.25, 0.3) is 5.91 Å². The maximum absolute atomic E-state index is 11.9. The molecule has 0 spiro atoms. The smallest absolute Gasteiger partial charge is 0.315 e. The van der Waals surface area contributed by atoms with Crippen LogP contribution in [-0.2, 0) is 4.79 Å². The first-order chi connectivity index (χ1) is 6.65. The maximum Gasteiger partial charge on any atom is 0.315 e. The molecule has 0 atom stereocenters. The molecule has 76 valence electrons. The zero-order valence-corrected chi connectivity index (χ0v) is 7.46. The molecule has 1 aromatic carbocycles. The molecule has 1 rings (SSSR count). The summed E-state index contributed by atoms with van der Waals surface area (Å²) in [7, 11) is 1.40. The van der Waals surface area contributed by atoms with Gasteiger partial charge in [-0.05, 0) is 12.1 Å². The number of ether oxygens (including phenoxy) is 1. The van der Waals surface area contributed by atoms with Crippen LogP contribution in [0.5, 0.6) is 5.75 Å². The average molecular weight is 201 g/mol. The van der Waals surface area contributed by atoms with Crippen LogP contribution in [0.4, 0.5) is 14.5 Å². The molecule has 0 bridgehead atoms. The fraction of sp³-hybridized carbons (Fsp3) is 0.222. The number of benzene rings is 1. The second kappa shape index (κ2) is 4.55. The third-order valence-electron chi connectivity index (χ3n) is 1.56. The van der Waals surface area contributed by atoms with E-state index in [0.717, 1.165) is 0 Å². The van der Waals surface area contributed by atoms with Crippen molar-refractivity contribution in [3.63, 3.8) is 0 Å². The van der Waals surface area contributed by atoms with Crippen molar-refractivity contribution < 1.29 is 18.3 Å². The van der Waals surface area contributed by atoms with Crippen molar-refractivity contribution in [1.82, 2.24) is 0 Å². The quantitative estimate of drug-likeness (QED) is 0.811. The van der Waals surface area contributed by atoms with Gasteiger partial charge in [0.2, 0.25) is 0 Å². The van der Waals surface area contributed by atoms with E-state index in [1.54, 1.807) is 18.2 Å². The van der Waals surface area contributed by atoms with E-state index in [1.165, 1.54) is 13.2 Å². The van der Waals surface area contributed by atoms with Crippen LogP contribution in [-0.4, -0.2) is 19.4 Å². The number of para-hydroxylation sites is 2. The Kier molecular flexibility index (Phi) is 3.39. The van der Waals surface area contributed by atoms with Crippen LogP contribution >= 0.6 is 0 Å². The van der Waals surface area contributed by atoms with E-state index < -0.39 is 12.3 Å². The Hall–Kier alpha value is -1.65. The highest BCUT2D eigenvalue weighted by Crippen LogP contribution is 2.23. The molecular formula is C9H9F2NO2. The van der Waals surface area contributed by atoms with Crippen LogP contribution in [0.25, 0.3) is 0 Å². The van der Waals surface area contributed by atoms with Crippen LogP contribution < -0.4 is 10.1 Å². The molecule has 0 aliphatic carbocycles. The standard InChI is InChI=1S/C9H9F2NO2/c1-14-7-5-3-2-4-6(7)12-9(13)8(10)11/h2-5,8H,1H3,(H,12,13). The molecule has 3 nitrogen and oxygen atoms in total. The Morgan fingerprint density at radius 2 is 2.07 bits per heavy atom. The van der Waals surface area contributed by atoms with Gasteiger partial charge in [-0.25, -0.2) is 0 Å². The number of anilines is 1. The number of halogens is 2. The summed E-state index contributed by atoms with van der Waals surface area (Å²) >= 11 is 0. The first kappa shape index (κ1) is 10.4. The van der Waals surface area contributed by atoms with Crippen molar-refractivity contribution in [2.24, 2.45) is 0 Å². The molecular weight excluding hydrogens is 192 g/mol. The van der Waals surface area contributed by atoms with Gasteiger partial charge in [-0.15, -0.1) is 0 Å². The maximum atomic E-state index is 11.9. The minimum atomic E-state index is -3.03. The van der Waals surface area contributed by atoms with Gasteiger partial charge in [0.1, 0.15) is 5.75 Å². The molecule has 0 unspecified atom stereocenters. The van der Waals surface area contributed by atoms with Crippen LogP contribution in [0.2, 0.25) is 0 Å². The highest BCUT2D eigenvalue weighted by Gasteiger charge is 2.16. The average Bonchev–Trinajstić information content (AvgIpc) is 2.18. The van der Waals surface area contributed by atoms with Gasteiger partial charge in [-0.2, -0.15) is 8.78 Å². The number of amides is 1. The Bertz CT molecular complexity index is 328. The molecule has 0 aliphatic heterocycles. The van der Waals surface area contributed by atoms with E-state index >= 15 is 0 Å². The summed E-state index contributed by atoms with van der Waals surface area (Å²) in [6, 6.07) is 6.35. The molecule has 0 aromatic heterocycles. The molecule has 0 fully saturated rings. The zero-order chi connectivity index (χ0) is 10.6. The van der Waals surface area contributed by atoms with E-state index in [4.69, 9.17) is 4.74 Å². The Balaban J connectivity index is 2.80. The number of methoxy groups -OCH3 is 1. The lowest BCUT2D eigenvalue weighted by Gasteiger charge is -2.08. The SMILES string of the molecule is COc1ccccc1NC(=O)C(F)F. The van der Waals surface area contributed by atoms with Gasteiger partial charge in [0.15, 0.2) is 0 Å². The summed E-state index contributed by atoms with van der Waals surface area (Å²) in [5.41, 5.74) is 0.236. The van der Waals surface area contributed by atoms with Gasteiger partial charge in [0, 0.05) is 0 Å². The summed E-state index contributed by atoms with van der Waals surface area (Å²) in [4.78, 5) is 10.7. The molecule has 1 N–H and O–H groups in total. The van der Waals surface area contributed by atoms with Gasteiger partial charge >= 0.3 is 6.43 Å². The molecule has 0 aliphatic rings. The summed E-state index contributed by atoms with van der Waals surface area (Å²) in [6.45, 7) is 0. The molecule has 14 heavy (non-hydrogen) atoms. The largest absolute Gasteiger partial charge is 0.495 e. The highest BCUT2D eigenvalue weighted by atomic mass is 19.3. The van der Waals surface area contributed by atoms with Gasteiger partial charge < -0.3 is 10.1 Å². The first-order valence-electron chi connectivity index (χ1n) is 3.87. The van der Waals surface area contributed by atoms with Gasteiger partial charge in [0.05, 0.1) is 12.8 Å². The van der Waals surface area contributed by atoms with Crippen LogP contribution in [0.1, 0.15) is 0 Å². The molecule has 0 heterocycles. The van der Waals surface area contributed by atoms with Crippen molar-refractivity contribution in [3.8, 4) is 5.75 Å². The lowest BCUT2D eigenvalue weighted by Crippen LogP contribution is -2.20.